The molecule has 0 radical (unpaired) electrons. The smallest absolute Gasteiger partial charge is 0.189 e. The summed E-state index contributed by atoms with van der Waals surface area (Å²) in [4.78, 5) is 10.8. The monoisotopic (exact) mass is 283 g/mol. The first kappa shape index (κ1) is 14.2. The van der Waals surface area contributed by atoms with Crippen LogP contribution in [0.5, 0.6) is 0 Å². The van der Waals surface area contributed by atoms with Crippen LogP contribution < -0.4 is 11.1 Å². The number of nitrogens with two attached hydrogens (primary N) is 1. The van der Waals surface area contributed by atoms with E-state index in [1.54, 1.807) is 17.5 Å². The average Bonchev–Trinajstić information content (AvgIpc) is 2.96. The lowest BCUT2D eigenvalue weighted by atomic mass is 10.3. The summed E-state index contributed by atoms with van der Waals surface area (Å²) in [5.41, 5.74) is 5.79. The number of thiazole rings is 1. The molecule has 106 valence electrons. The minimum absolute atomic E-state index is 0.497. The number of ether oxygens (including phenoxy) is 1. The van der Waals surface area contributed by atoms with Gasteiger partial charge in [-0.1, -0.05) is 0 Å². The van der Waals surface area contributed by atoms with Gasteiger partial charge in [0.25, 0.3) is 0 Å². The van der Waals surface area contributed by atoms with Crippen molar-refractivity contribution in [2.45, 2.75) is 13.0 Å². The van der Waals surface area contributed by atoms with Crippen LogP contribution in [0.1, 0.15) is 11.4 Å². The van der Waals surface area contributed by atoms with E-state index in [1.807, 2.05) is 5.38 Å². The van der Waals surface area contributed by atoms with Crippen molar-refractivity contribution in [3.8, 4) is 0 Å². The zero-order chi connectivity index (χ0) is 13.3. The number of nitrogens with zero attached hydrogens (tertiary/aromatic N) is 3. The van der Waals surface area contributed by atoms with Gasteiger partial charge in [-0.05, 0) is 13.0 Å². The van der Waals surface area contributed by atoms with Crippen LogP contribution >= 0.6 is 11.3 Å². The zero-order valence-electron chi connectivity index (χ0n) is 11.0. The molecule has 1 aliphatic rings. The number of hydrogen-bond donors (Lipinski definition) is 2. The maximum absolute atomic E-state index is 5.79. The Bertz CT molecular complexity index is 375. The minimum Gasteiger partial charge on any atom is -0.379 e. The fraction of sp³-hybridized carbons (Fsp3) is 0.667. The summed E-state index contributed by atoms with van der Waals surface area (Å²) < 4.78 is 5.31. The van der Waals surface area contributed by atoms with Crippen molar-refractivity contribution in [1.82, 2.24) is 15.2 Å². The van der Waals surface area contributed by atoms with E-state index < -0.39 is 0 Å². The number of rotatable bonds is 6. The molecule has 0 spiro atoms. The van der Waals surface area contributed by atoms with Gasteiger partial charge in [-0.2, -0.15) is 0 Å². The molecule has 1 aromatic rings. The number of aromatic nitrogens is 1. The predicted octanol–water partition coefficient (Wildman–Crippen LogP) is 0.270. The van der Waals surface area contributed by atoms with Gasteiger partial charge < -0.3 is 15.8 Å². The molecule has 0 unspecified atom stereocenters. The Kier molecular flexibility index (Phi) is 6.06. The van der Waals surface area contributed by atoms with Crippen LogP contribution in [0.4, 0.5) is 0 Å². The fourth-order valence-electron chi connectivity index (χ4n) is 1.88. The summed E-state index contributed by atoms with van der Waals surface area (Å²) in [6.45, 7) is 6.26. The fourth-order valence-corrected chi connectivity index (χ4v) is 2.42. The first-order valence-electron chi connectivity index (χ1n) is 6.57. The van der Waals surface area contributed by atoms with E-state index in [0.717, 1.165) is 50.8 Å². The molecule has 0 atom stereocenters. The summed E-state index contributed by atoms with van der Waals surface area (Å²) in [6.07, 6.45) is 2.84. The molecular weight excluding hydrogens is 262 g/mol. The van der Waals surface area contributed by atoms with Crippen LogP contribution in [0.25, 0.3) is 0 Å². The molecule has 0 aromatic carbocycles. The standard InChI is InChI=1S/C12H21N5OS/c13-12(16-10-11-14-3-9-19-11)15-2-1-4-17-5-7-18-8-6-17/h3,9H,1-2,4-8,10H2,(H3,13,15,16). The normalized spacial score (nSPS) is 17.6. The quantitative estimate of drug-likeness (QED) is 0.445. The van der Waals surface area contributed by atoms with E-state index in [1.165, 1.54) is 0 Å². The first-order valence-corrected chi connectivity index (χ1v) is 7.45. The largest absolute Gasteiger partial charge is 0.379 e. The van der Waals surface area contributed by atoms with Gasteiger partial charge in [-0.15, -0.1) is 11.3 Å². The average molecular weight is 283 g/mol. The third kappa shape index (κ3) is 5.54. The third-order valence-electron chi connectivity index (χ3n) is 2.93. The highest BCUT2D eigenvalue weighted by molar-refractivity contribution is 7.09. The SMILES string of the molecule is NC(=NCc1nccs1)NCCCN1CCOCC1. The van der Waals surface area contributed by atoms with Crippen LogP contribution in [0.2, 0.25) is 0 Å². The number of nitrogens with one attached hydrogen (secondary N) is 1. The number of hydrogen-bond acceptors (Lipinski definition) is 5. The molecule has 0 amide bonds. The van der Waals surface area contributed by atoms with Gasteiger partial charge in [0.2, 0.25) is 0 Å². The Morgan fingerprint density at radius 2 is 2.37 bits per heavy atom. The second kappa shape index (κ2) is 8.08. The lowest BCUT2D eigenvalue weighted by molar-refractivity contribution is 0.0376. The van der Waals surface area contributed by atoms with Crippen molar-refractivity contribution >= 4 is 17.3 Å². The highest BCUT2D eigenvalue weighted by Gasteiger charge is 2.08. The van der Waals surface area contributed by atoms with Gasteiger partial charge in [0, 0.05) is 31.2 Å². The Labute approximate surface area is 117 Å². The summed E-state index contributed by atoms with van der Waals surface area (Å²) in [6, 6.07) is 0. The molecule has 0 saturated carbocycles. The van der Waals surface area contributed by atoms with Gasteiger partial charge in [0.1, 0.15) is 5.01 Å². The highest BCUT2D eigenvalue weighted by atomic mass is 32.1. The van der Waals surface area contributed by atoms with Crippen LogP contribution in [-0.2, 0) is 11.3 Å². The molecule has 2 rings (SSSR count). The molecule has 0 bridgehead atoms. The molecule has 0 aliphatic carbocycles. The van der Waals surface area contributed by atoms with Gasteiger partial charge in [0.15, 0.2) is 5.96 Å². The Balaban J connectivity index is 1.55. The van der Waals surface area contributed by atoms with Crippen molar-refractivity contribution < 1.29 is 4.74 Å². The van der Waals surface area contributed by atoms with Gasteiger partial charge >= 0.3 is 0 Å². The Hall–Kier alpha value is -1.18. The van der Waals surface area contributed by atoms with E-state index in [-0.39, 0.29) is 0 Å². The van der Waals surface area contributed by atoms with Crippen LogP contribution in [-0.4, -0.2) is 55.2 Å². The first-order chi connectivity index (χ1) is 9.34. The van der Waals surface area contributed by atoms with Crippen molar-refractivity contribution in [3.63, 3.8) is 0 Å². The van der Waals surface area contributed by atoms with E-state index in [4.69, 9.17) is 10.5 Å². The number of aliphatic imine (C=N–C) groups is 1. The van der Waals surface area contributed by atoms with Gasteiger partial charge in [-0.25, -0.2) is 9.98 Å². The summed E-state index contributed by atoms with van der Waals surface area (Å²) >= 11 is 1.59. The maximum Gasteiger partial charge on any atom is 0.189 e. The van der Waals surface area contributed by atoms with Crippen LogP contribution in [0.3, 0.4) is 0 Å². The molecule has 6 nitrogen and oxygen atoms in total. The topological polar surface area (TPSA) is 75.8 Å². The second-order valence-corrected chi connectivity index (χ2v) is 5.34. The van der Waals surface area contributed by atoms with Crippen molar-refractivity contribution in [2.24, 2.45) is 10.7 Å². The number of guanidine groups is 1. The van der Waals surface area contributed by atoms with Crippen molar-refractivity contribution in [2.75, 3.05) is 39.4 Å². The highest BCUT2D eigenvalue weighted by Crippen LogP contribution is 2.04. The summed E-state index contributed by atoms with van der Waals surface area (Å²) in [5, 5.41) is 6.06. The van der Waals surface area contributed by atoms with E-state index in [9.17, 15) is 0 Å². The molecule has 7 heteroatoms. The van der Waals surface area contributed by atoms with E-state index >= 15 is 0 Å². The van der Waals surface area contributed by atoms with Crippen molar-refractivity contribution in [1.29, 1.82) is 0 Å². The predicted molar refractivity (Wildman–Crippen MR) is 77.3 cm³/mol. The van der Waals surface area contributed by atoms with Crippen molar-refractivity contribution in [3.05, 3.63) is 16.6 Å². The second-order valence-electron chi connectivity index (χ2n) is 4.36. The molecule has 1 saturated heterocycles. The molecular formula is C12H21N5OS. The van der Waals surface area contributed by atoms with E-state index in [0.29, 0.717) is 12.5 Å². The molecule has 1 fully saturated rings. The minimum atomic E-state index is 0.497. The molecule has 2 heterocycles. The lowest BCUT2D eigenvalue weighted by Crippen LogP contribution is -2.39. The number of morpholine rings is 1. The molecule has 1 aromatic heterocycles. The van der Waals surface area contributed by atoms with Crippen LogP contribution in [0, 0.1) is 0 Å². The third-order valence-corrected chi connectivity index (χ3v) is 3.69. The van der Waals surface area contributed by atoms with E-state index in [2.05, 4.69) is 20.2 Å². The molecule has 3 N–H and O–H groups in total. The summed E-state index contributed by atoms with van der Waals surface area (Å²) in [7, 11) is 0. The molecule has 1 aliphatic heterocycles. The van der Waals surface area contributed by atoms with Crippen LogP contribution in [0.15, 0.2) is 16.6 Å². The zero-order valence-corrected chi connectivity index (χ0v) is 11.9. The summed E-state index contributed by atoms with van der Waals surface area (Å²) in [5.74, 6) is 0.497. The van der Waals surface area contributed by atoms with Gasteiger partial charge in [0.05, 0.1) is 19.8 Å². The Morgan fingerprint density at radius 1 is 1.53 bits per heavy atom. The molecule has 19 heavy (non-hydrogen) atoms. The lowest BCUT2D eigenvalue weighted by Gasteiger charge is -2.26. The Morgan fingerprint density at radius 3 is 3.11 bits per heavy atom. The van der Waals surface area contributed by atoms with Gasteiger partial charge in [-0.3, -0.25) is 4.90 Å². The maximum atomic E-state index is 5.79.